The number of ether oxygens (including phenoxy) is 1. The van der Waals surface area contributed by atoms with Crippen LogP contribution in [0.25, 0.3) is 0 Å². The van der Waals surface area contributed by atoms with E-state index >= 15 is 0 Å². The molecule has 0 aliphatic heterocycles. The molecule has 0 heterocycles. The Hall–Kier alpha value is -0.580. The third kappa shape index (κ3) is 4.96. The minimum absolute atomic E-state index is 0.203. The monoisotopic (exact) mass is 314 g/mol. The molecule has 0 amide bonds. The predicted molar refractivity (Wildman–Crippen MR) is 79.9 cm³/mol. The Labute approximate surface area is 118 Å². The fraction of sp³-hybridized carbons (Fsp3) is 0.571. The molecule has 0 fully saturated rings. The highest BCUT2D eigenvalue weighted by Crippen LogP contribution is 2.23. The van der Waals surface area contributed by atoms with Gasteiger partial charge in [-0.3, -0.25) is 0 Å². The van der Waals surface area contributed by atoms with E-state index in [1.54, 1.807) is 7.11 Å². The Morgan fingerprint density at radius 3 is 2.72 bits per heavy atom. The van der Waals surface area contributed by atoms with Crippen LogP contribution in [0.4, 0.5) is 0 Å². The normalized spacial score (nSPS) is 11.6. The van der Waals surface area contributed by atoms with Crippen molar-refractivity contribution in [3.8, 4) is 5.75 Å². The number of nitrogens with one attached hydrogen (secondary N) is 1. The highest BCUT2D eigenvalue weighted by molar-refractivity contribution is 9.10. The molecule has 0 unspecified atom stereocenters. The first-order chi connectivity index (χ1) is 8.48. The van der Waals surface area contributed by atoms with Crippen LogP contribution >= 0.6 is 15.9 Å². The van der Waals surface area contributed by atoms with E-state index in [-0.39, 0.29) is 5.41 Å². The van der Waals surface area contributed by atoms with E-state index in [0.29, 0.717) is 0 Å². The van der Waals surface area contributed by atoms with Crippen LogP contribution in [0, 0.1) is 5.41 Å². The number of rotatable bonds is 7. The number of hydrogen-bond donors (Lipinski definition) is 2. The summed E-state index contributed by atoms with van der Waals surface area (Å²) in [5, 5.41) is 3.44. The zero-order valence-corrected chi connectivity index (χ0v) is 13.0. The van der Waals surface area contributed by atoms with E-state index in [1.165, 1.54) is 0 Å². The summed E-state index contributed by atoms with van der Waals surface area (Å²) >= 11 is 3.48. The molecule has 102 valence electrons. The number of benzene rings is 1. The molecule has 1 aromatic carbocycles. The molecule has 0 saturated heterocycles. The van der Waals surface area contributed by atoms with Gasteiger partial charge in [0.15, 0.2) is 0 Å². The second kappa shape index (κ2) is 7.12. The van der Waals surface area contributed by atoms with Gasteiger partial charge in [-0.15, -0.1) is 0 Å². The molecule has 18 heavy (non-hydrogen) atoms. The molecule has 0 aromatic heterocycles. The van der Waals surface area contributed by atoms with Crippen molar-refractivity contribution in [3.05, 3.63) is 28.2 Å². The summed E-state index contributed by atoms with van der Waals surface area (Å²) in [5.74, 6) is 0.920. The molecule has 0 bridgehead atoms. The van der Waals surface area contributed by atoms with Gasteiger partial charge in [0.1, 0.15) is 5.75 Å². The molecule has 4 heteroatoms. The second-order valence-corrected chi connectivity index (χ2v) is 6.17. The largest absolute Gasteiger partial charge is 0.496 e. The van der Waals surface area contributed by atoms with Crippen LogP contribution in [-0.2, 0) is 6.54 Å². The molecule has 0 aliphatic rings. The molecule has 1 aromatic rings. The number of halogens is 1. The topological polar surface area (TPSA) is 47.3 Å². The van der Waals surface area contributed by atoms with E-state index < -0.39 is 0 Å². The average Bonchev–Trinajstić information content (AvgIpc) is 2.35. The lowest BCUT2D eigenvalue weighted by Crippen LogP contribution is -2.28. The third-order valence-corrected chi connectivity index (χ3v) is 3.58. The molecule has 0 atom stereocenters. The third-order valence-electron chi connectivity index (χ3n) is 3.09. The summed E-state index contributed by atoms with van der Waals surface area (Å²) in [5.41, 5.74) is 7.08. The fourth-order valence-corrected chi connectivity index (χ4v) is 2.05. The summed E-state index contributed by atoms with van der Waals surface area (Å²) in [6.07, 6.45) is 1.07. The van der Waals surface area contributed by atoms with Crippen molar-refractivity contribution in [1.29, 1.82) is 0 Å². The summed E-state index contributed by atoms with van der Waals surface area (Å²) in [7, 11) is 1.70. The first-order valence-corrected chi connectivity index (χ1v) is 7.01. The van der Waals surface area contributed by atoms with Crippen molar-refractivity contribution >= 4 is 15.9 Å². The van der Waals surface area contributed by atoms with Crippen molar-refractivity contribution in [2.45, 2.75) is 26.8 Å². The molecular formula is C14H23BrN2O. The van der Waals surface area contributed by atoms with E-state index in [2.05, 4.69) is 41.2 Å². The van der Waals surface area contributed by atoms with Crippen LogP contribution in [0.5, 0.6) is 5.75 Å². The maximum atomic E-state index is 5.71. The molecular weight excluding hydrogens is 292 g/mol. The zero-order chi connectivity index (χ0) is 13.6. The van der Waals surface area contributed by atoms with Crippen LogP contribution in [0.3, 0.4) is 0 Å². The lowest BCUT2D eigenvalue weighted by atomic mass is 9.90. The Balaban J connectivity index is 2.46. The number of methoxy groups -OCH3 is 1. The summed E-state index contributed by atoms with van der Waals surface area (Å²) in [6, 6.07) is 6.05. The zero-order valence-electron chi connectivity index (χ0n) is 11.4. The van der Waals surface area contributed by atoms with E-state index in [9.17, 15) is 0 Å². The summed E-state index contributed by atoms with van der Waals surface area (Å²) in [4.78, 5) is 0. The maximum Gasteiger partial charge on any atom is 0.123 e. The minimum Gasteiger partial charge on any atom is -0.496 e. The van der Waals surface area contributed by atoms with Crippen molar-refractivity contribution in [2.24, 2.45) is 11.1 Å². The Morgan fingerprint density at radius 2 is 2.11 bits per heavy atom. The standard InChI is InChI=1S/C14H23BrN2O/c1-14(2,10-16)6-7-17-9-11-8-12(15)4-5-13(11)18-3/h4-5,8,17H,6-7,9-10,16H2,1-3H3. The van der Waals surface area contributed by atoms with Crippen molar-refractivity contribution in [2.75, 3.05) is 20.2 Å². The Bertz CT molecular complexity index is 380. The van der Waals surface area contributed by atoms with E-state index in [1.807, 2.05) is 12.1 Å². The molecule has 0 radical (unpaired) electrons. The minimum atomic E-state index is 0.203. The van der Waals surface area contributed by atoms with Gasteiger partial charge in [0.25, 0.3) is 0 Å². The second-order valence-electron chi connectivity index (χ2n) is 5.25. The van der Waals surface area contributed by atoms with Gasteiger partial charge in [0.05, 0.1) is 7.11 Å². The molecule has 3 nitrogen and oxygen atoms in total. The van der Waals surface area contributed by atoms with Crippen molar-refractivity contribution in [1.82, 2.24) is 5.32 Å². The van der Waals surface area contributed by atoms with Crippen LogP contribution in [0.2, 0.25) is 0 Å². The van der Waals surface area contributed by atoms with E-state index in [4.69, 9.17) is 10.5 Å². The SMILES string of the molecule is COc1ccc(Br)cc1CNCCC(C)(C)CN. The van der Waals surface area contributed by atoms with Gasteiger partial charge >= 0.3 is 0 Å². The van der Waals surface area contributed by atoms with Crippen molar-refractivity contribution in [3.63, 3.8) is 0 Å². The van der Waals surface area contributed by atoms with Gasteiger partial charge in [-0.1, -0.05) is 29.8 Å². The Morgan fingerprint density at radius 1 is 1.39 bits per heavy atom. The molecule has 1 rings (SSSR count). The molecule has 0 spiro atoms. The first-order valence-electron chi connectivity index (χ1n) is 6.22. The van der Waals surface area contributed by atoms with Crippen LogP contribution < -0.4 is 15.8 Å². The van der Waals surface area contributed by atoms with Gasteiger partial charge in [-0.2, -0.15) is 0 Å². The summed E-state index contributed by atoms with van der Waals surface area (Å²) in [6.45, 7) is 6.86. The lowest BCUT2D eigenvalue weighted by molar-refractivity contribution is 0.338. The molecule has 0 saturated carbocycles. The fourth-order valence-electron chi connectivity index (χ4n) is 1.64. The van der Waals surface area contributed by atoms with Crippen LogP contribution in [0.1, 0.15) is 25.8 Å². The smallest absolute Gasteiger partial charge is 0.123 e. The number of hydrogen-bond acceptors (Lipinski definition) is 3. The van der Waals surface area contributed by atoms with Gasteiger partial charge in [-0.05, 0) is 43.1 Å². The van der Waals surface area contributed by atoms with Gasteiger partial charge in [-0.25, -0.2) is 0 Å². The predicted octanol–water partition coefficient (Wildman–Crippen LogP) is 2.92. The summed E-state index contributed by atoms with van der Waals surface area (Å²) < 4.78 is 6.41. The van der Waals surface area contributed by atoms with Crippen LogP contribution in [-0.4, -0.2) is 20.2 Å². The molecule has 0 aliphatic carbocycles. The highest BCUT2D eigenvalue weighted by Gasteiger charge is 2.14. The van der Waals surface area contributed by atoms with Gasteiger partial charge in [0, 0.05) is 16.6 Å². The Kier molecular flexibility index (Phi) is 6.12. The average molecular weight is 315 g/mol. The van der Waals surface area contributed by atoms with Crippen molar-refractivity contribution < 1.29 is 4.74 Å². The van der Waals surface area contributed by atoms with Crippen LogP contribution in [0.15, 0.2) is 22.7 Å². The maximum absolute atomic E-state index is 5.71. The quantitative estimate of drug-likeness (QED) is 0.761. The number of nitrogens with two attached hydrogens (primary N) is 1. The molecule has 3 N–H and O–H groups in total. The first kappa shape index (κ1) is 15.5. The van der Waals surface area contributed by atoms with E-state index in [0.717, 1.165) is 41.8 Å². The highest BCUT2D eigenvalue weighted by atomic mass is 79.9. The lowest BCUT2D eigenvalue weighted by Gasteiger charge is -2.22. The van der Waals surface area contributed by atoms with Gasteiger partial charge in [0.2, 0.25) is 0 Å². The van der Waals surface area contributed by atoms with Gasteiger partial charge < -0.3 is 15.8 Å².